The number of hydrogen-bond acceptors (Lipinski definition) is 2. The van der Waals surface area contributed by atoms with Gasteiger partial charge in [0, 0.05) is 15.6 Å². The van der Waals surface area contributed by atoms with Crippen LogP contribution in [0.25, 0.3) is 0 Å². The summed E-state index contributed by atoms with van der Waals surface area (Å²) in [5, 5.41) is 2.72. The Morgan fingerprint density at radius 3 is 2.41 bits per heavy atom. The molecule has 0 spiro atoms. The van der Waals surface area contributed by atoms with Crippen LogP contribution < -0.4 is 11.1 Å². The number of halogens is 1. The van der Waals surface area contributed by atoms with E-state index in [0.717, 1.165) is 10.0 Å². The lowest BCUT2D eigenvalue weighted by Gasteiger charge is -2.03. The van der Waals surface area contributed by atoms with Crippen LogP contribution in [0.2, 0.25) is 0 Å². The minimum absolute atomic E-state index is 0.189. The Morgan fingerprint density at radius 1 is 1.09 bits per heavy atom. The van der Waals surface area contributed by atoms with Gasteiger partial charge in [0.2, 0.25) is 5.91 Å². The highest BCUT2D eigenvalue weighted by atomic mass is 79.9. The SMILES string of the molecule is NC(=O)c1ccc(C#CCNC(=O)c2ccccc2Br)cc1. The summed E-state index contributed by atoms with van der Waals surface area (Å²) in [5.74, 6) is 5.10. The molecule has 0 fully saturated rings. The molecule has 0 saturated heterocycles. The fourth-order valence-electron chi connectivity index (χ4n) is 1.73. The maximum atomic E-state index is 11.9. The lowest BCUT2D eigenvalue weighted by molar-refractivity contribution is 0.0956. The highest BCUT2D eigenvalue weighted by Crippen LogP contribution is 2.15. The Balaban J connectivity index is 1.93. The van der Waals surface area contributed by atoms with Crippen molar-refractivity contribution in [2.45, 2.75) is 0 Å². The normalized spacial score (nSPS) is 9.50. The first-order valence-corrected chi connectivity index (χ1v) is 7.28. The summed E-state index contributed by atoms with van der Waals surface area (Å²) in [7, 11) is 0. The number of amides is 2. The molecule has 5 heteroatoms. The highest BCUT2D eigenvalue weighted by Gasteiger charge is 2.07. The zero-order chi connectivity index (χ0) is 15.9. The number of carbonyl (C=O) groups is 2. The number of nitrogens with one attached hydrogen (secondary N) is 1. The predicted molar refractivity (Wildman–Crippen MR) is 88.3 cm³/mol. The summed E-state index contributed by atoms with van der Waals surface area (Å²) in [6.45, 7) is 0.234. The molecule has 0 bridgehead atoms. The van der Waals surface area contributed by atoms with Crippen molar-refractivity contribution in [1.82, 2.24) is 5.32 Å². The molecule has 0 heterocycles. The summed E-state index contributed by atoms with van der Waals surface area (Å²) in [6, 6.07) is 13.8. The van der Waals surface area contributed by atoms with E-state index in [1.807, 2.05) is 6.07 Å². The smallest absolute Gasteiger partial charge is 0.253 e. The zero-order valence-electron chi connectivity index (χ0n) is 11.6. The van der Waals surface area contributed by atoms with Gasteiger partial charge in [0.05, 0.1) is 12.1 Å². The molecule has 0 atom stereocenters. The third-order valence-corrected chi connectivity index (χ3v) is 3.55. The Kier molecular flexibility index (Phi) is 5.34. The van der Waals surface area contributed by atoms with E-state index in [9.17, 15) is 9.59 Å². The van der Waals surface area contributed by atoms with Gasteiger partial charge in [-0.25, -0.2) is 0 Å². The maximum Gasteiger partial charge on any atom is 0.253 e. The molecule has 2 aromatic rings. The van der Waals surface area contributed by atoms with Gasteiger partial charge in [0.1, 0.15) is 0 Å². The highest BCUT2D eigenvalue weighted by molar-refractivity contribution is 9.10. The van der Waals surface area contributed by atoms with Crippen molar-refractivity contribution in [3.8, 4) is 11.8 Å². The molecule has 3 N–H and O–H groups in total. The molecule has 0 radical (unpaired) electrons. The monoisotopic (exact) mass is 356 g/mol. The van der Waals surface area contributed by atoms with Crippen LogP contribution in [0, 0.1) is 11.8 Å². The Bertz CT molecular complexity index is 758. The topological polar surface area (TPSA) is 72.2 Å². The van der Waals surface area contributed by atoms with Gasteiger partial charge in [0.15, 0.2) is 0 Å². The van der Waals surface area contributed by atoms with Gasteiger partial charge in [0.25, 0.3) is 5.91 Å². The average Bonchev–Trinajstić information content (AvgIpc) is 2.52. The number of primary amides is 1. The van der Waals surface area contributed by atoms with Gasteiger partial charge in [-0.05, 0) is 52.3 Å². The predicted octanol–water partition coefficient (Wildman–Crippen LogP) is 2.33. The van der Waals surface area contributed by atoms with Crippen LogP contribution in [0.3, 0.4) is 0 Å². The lowest BCUT2D eigenvalue weighted by atomic mass is 10.1. The second kappa shape index (κ2) is 7.43. The van der Waals surface area contributed by atoms with Gasteiger partial charge >= 0.3 is 0 Å². The quantitative estimate of drug-likeness (QED) is 0.828. The molecule has 2 aromatic carbocycles. The van der Waals surface area contributed by atoms with E-state index >= 15 is 0 Å². The van der Waals surface area contributed by atoms with E-state index in [4.69, 9.17) is 5.73 Å². The first-order valence-electron chi connectivity index (χ1n) is 6.49. The van der Waals surface area contributed by atoms with E-state index in [1.165, 1.54) is 0 Å². The molecule has 2 amide bonds. The van der Waals surface area contributed by atoms with Gasteiger partial charge in [-0.15, -0.1) is 0 Å². The van der Waals surface area contributed by atoms with Gasteiger partial charge in [-0.2, -0.15) is 0 Å². The maximum absolute atomic E-state index is 11.9. The van der Waals surface area contributed by atoms with Crippen molar-refractivity contribution in [3.05, 3.63) is 69.7 Å². The van der Waals surface area contributed by atoms with Crippen LogP contribution in [0.1, 0.15) is 26.3 Å². The van der Waals surface area contributed by atoms with E-state index < -0.39 is 5.91 Å². The second-order valence-electron chi connectivity index (χ2n) is 4.41. The van der Waals surface area contributed by atoms with Gasteiger partial charge < -0.3 is 11.1 Å². The van der Waals surface area contributed by atoms with E-state index in [2.05, 4.69) is 33.1 Å². The minimum atomic E-state index is -0.472. The zero-order valence-corrected chi connectivity index (χ0v) is 13.2. The summed E-state index contributed by atoms with van der Waals surface area (Å²) >= 11 is 3.33. The van der Waals surface area contributed by atoms with Crippen LogP contribution in [0.4, 0.5) is 0 Å². The summed E-state index contributed by atoms with van der Waals surface area (Å²) in [6.07, 6.45) is 0. The Labute approximate surface area is 136 Å². The molecular formula is C17H13BrN2O2. The summed E-state index contributed by atoms with van der Waals surface area (Å²) in [4.78, 5) is 22.9. The number of nitrogens with two attached hydrogens (primary N) is 1. The van der Waals surface area contributed by atoms with Crippen molar-refractivity contribution in [2.75, 3.05) is 6.54 Å². The minimum Gasteiger partial charge on any atom is -0.366 e. The number of hydrogen-bond donors (Lipinski definition) is 2. The molecule has 22 heavy (non-hydrogen) atoms. The summed E-state index contributed by atoms with van der Waals surface area (Å²) < 4.78 is 0.738. The number of benzene rings is 2. The largest absolute Gasteiger partial charge is 0.366 e. The first kappa shape index (κ1) is 15.8. The molecule has 0 saturated carbocycles. The fourth-order valence-corrected chi connectivity index (χ4v) is 2.19. The third kappa shape index (κ3) is 4.21. The van der Waals surface area contributed by atoms with Crippen molar-refractivity contribution in [1.29, 1.82) is 0 Å². The average molecular weight is 357 g/mol. The molecule has 2 rings (SSSR count). The molecule has 4 nitrogen and oxygen atoms in total. The van der Waals surface area contributed by atoms with E-state index in [0.29, 0.717) is 11.1 Å². The van der Waals surface area contributed by atoms with Gasteiger partial charge in [-0.3, -0.25) is 9.59 Å². The number of rotatable bonds is 3. The van der Waals surface area contributed by atoms with Crippen molar-refractivity contribution < 1.29 is 9.59 Å². The van der Waals surface area contributed by atoms with Crippen molar-refractivity contribution >= 4 is 27.7 Å². The second-order valence-corrected chi connectivity index (χ2v) is 5.26. The van der Waals surface area contributed by atoms with E-state index in [1.54, 1.807) is 42.5 Å². The third-order valence-electron chi connectivity index (χ3n) is 2.86. The van der Waals surface area contributed by atoms with Crippen LogP contribution in [0.5, 0.6) is 0 Å². The van der Waals surface area contributed by atoms with Crippen molar-refractivity contribution in [2.24, 2.45) is 5.73 Å². The van der Waals surface area contributed by atoms with Crippen molar-refractivity contribution in [3.63, 3.8) is 0 Å². The standard InChI is InChI=1S/C17H13BrN2O2/c18-15-6-2-1-5-14(15)17(22)20-11-3-4-12-7-9-13(10-8-12)16(19)21/h1-2,5-10H,11H2,(H2,19,21)(H,20,22). The molecule has 0 unspecified atom stereocenters. The molecule has 0 aliphatic carbocycles. The Hall–Kier alpha value is -2.58. The van der Waals surface area contributed by atoms with Crippen LogP contribution >= 0.6 is 15.9 Å². The fraction of sp³-hybridized carbons (Fsp3) is 0.0588. The summed E-state index contributed by atoms with van der Waals surface area (Å²) in [5.41, 5.74) is 6.91. The first-order chi connectivity index (χ1) is 10.6. The van der Waals surface area contributed by atoms with Gasteiger partial charge in [-0.1, -0.05) is 24.0 Å². The lowest BCUT2D eigenvalue weighted by Crippen LogP contribution is -2.23. The van der Waals surface area contributed by atoms with E-state index in [-0.39, 0.29) is 12.5 Å². The van der Waals surface area contributed by atoms with Crippen LogP contribution in [-0.4, -0.2) is 18.4 Å². The molecule has 0 aliphatic heterocycles. The number of carbonyl (C=O) groups excluding carboxylic acids is 2. The molecule has 0 aliphatic rings. The Morgan fingerprint density at radius 2 is 1.77 bits per heavy atom. The van der Waals surface area contributed by atoms with Crippen LogP contribution in [-0.2, 0) is 0 Å². The molecule has 110 valence electrons. The molecule has 0 aromatic heterocycles. The molecular weight excluding hydrogens is 344 g/mol. The van der Waals surface area contributed by atoms with Crippen LogP contribution in [0.15, 0.2) is 53.0 Å².